The van der Waals surface area contributed by atoms with E-state index in [0.717, 1.165) is 5.57 Å². The summed E-state index contributed by atoms with van der Waals surface area (Å²) in [5.74, 6) is -1.85. The first-order valence-corrected chi connectivity index (χ1v) is 5.39. The fraction of sp³-hybridized carbons (Fsp3) is 0.545. The molecule has 0 radical (unpaired) electrons. The van der Waals surface area contributed by atoms with Crippen molar-refractivity contribution in [3.8, 4) is 0 Å². The molecule has 0 rings (SSSR count). The van der Waals surface area contributed by atoms with Crippen LogP contribution in [0.4, 0.5) is 4.79 Å². The average Bonchev–Trinajstić information content (AvgIpc) is 2.24. The lowest BCUT2D eigenvalue weighted by Crippen LogP contribution is -2.44. The standard InChI is InChI=1S/C11H18N2O5/c1-4-13(5-8(2)3)11(17)12-9(14)6-18-7-10(15)16/h2,4-7H2,1,3H3,(H,15,16)(H,12,14,17). The molecule has 0 saturated carbocycles. The lowest BCUT2D eigenvalue weighted by Gasteiger charge is -2.20. The molecule has 0 heterocycles. The van der Waals surface area contributed by atoms with Crippen LogP contribution in [0.5, 0.6) is 0 Å². The third-order valence-electron chi connectivity index (χ3n) is 1.83. The van der Waals surface area contributed by atoms with Gasteiger partial charge in [0, 0.05) is 13.1 Å². The van der Waals surface area contributed by atoms with Gasteiger partial charge in [0.25, 0.3) is 5.91 Å². The Hall–Kier alpha value is -1.89. The number of rotatable bonds is 7. The van der Waals surface area contributed by atoms with E-state index >= 15 is 0 Å². The first kappa shape index (κ1) is 16.1. The molecule has 3 amide bonds. The van der Waals surface area contributed by atoms with Crippen LogP contribution in [0.25, 0.3) is 0 Å². The van der Waals surface area contributed by atoms with Gasteiger partial charge in [0.15, 0.2) is 0 Å². The largest absolute Gasteiger partial charge is 0.480 e. The van der Waals surface area contributed by atoms with Gasteiger partial charge in [0.05, 0.1) is 0 Å². The summed E-state index contributed by atoms with van der Waals surface area (Å²) in [5.41, 5.74) is 0.793. The second kappa shape index (κ2) is 8.24. The van der Waals surface area contributed by atoms with Crippen LogP contribution in [0, 0.1) is 0 Å². The van der Waals surface area contributed by atoms with Crippen molar-refractivity contribution < 1.29 is 24.2 Å². The van der Waals surface area contributed by atoms with Crippen molar-refractivity contribution in [1.82, 2.24) is 10.2 Å². The Bertz CT molecular complexity index is 340. The highest BCUT2D eigenvalue weighted by molar-refractivity contribution is 5.95. The molecule has 0 aromatic rings. The Morgan fingerprint density at radius 1 is 1.33 bits per heavy atom. The zero-order valence-corrected chi connectivity index (χ0v) is 10.6. The highest BCUT2D eigenvalue weighted by Gasteiger charge is 2.14. The number of amides is 3. The molecule has 0 aromatic carbocycles. The van der Waals surface area contributed by atoms with E-state index in [0.29, 0.717) is 13.1 Å². The molecule has 0 unspecified atom stereocenters. The highest BCUT2D eigenvalue weighted by Crippen LogP contribution is 1.96. The molecule has 0 aliphatic carbocycles. The van der Waals surface area contributed by atoms with Gasteiger partial charge in [-0.2, -0.15) is 0 Å². The maximum Gasteiger partial charge on any atom is 0.329 e. The monoisotopic (exact) mass is 258 g/mol. The van der Waals surface area contributed by atoms with Crippen LogP contribution >= 0.6 is 0 Å². The molecular weight excluding hydrogens is 240 g/mol. The number of carbonyl (C=O) groups excluding carboxylic acids is 2. The number of carboxylic acid groups (broad SMARTS) is 1. The number of carboxylic acids is 1. The second-order valence-electron chi connectivity index (χ2n) is 3.71. The molecular formula is C11H18N2O5. The fourth-order valence-corrected chi connectivity index (χ4v) is 1.12. The van der Waals surface area contributed by atoms with E-state index < -0.39 is 31.1 Å². The summed E-state index contributed by atoms with van der Waals surface area (Å²) in [5, 5.41) is 10.4. The van der Waals surface area contributed by atoms with E-state index in [1.54, 1.807) is 13.8 Å². The Labute approximate surface area is 105 Å². The molecule has 2 N–H and O–H groups in total. The maximum absolute atomic E-state index is 11.6. The van der Waals surface area contributed by atoms with Crippen molar-refractivity contribution in [2.24, 2.45) is 0 Å². The van der Waals surface area contributed by atoms with Gasteiger partial charge >= 0.3 is 12.0 Å². The van der Waals surface area contributed by atoms with E-state index in [4.69, 9.17) is 5.11 Å². The van der Waals surface area contributed by atoms with Crippen molar-refractivity contribution in [3.05, 3.63) is 12.2 Å². The van der Waals surface area contributed by atoms with Gasteiger partial charge in [-0.15, -0.1) is 0 Å². The minimum atomic E-state index is -1.17. The normalized spacial score (nSPS) is 9.67. The molecule has 0 spiro atoms. The van der Waals surface area contributed by atoms with Crippen LogP contribution < -0.4 is 5.32 Å². The molecule has 0 aliphatic rings. The van der Waals surface area contributed by atoms with Gasteiger partial charge in [-0.3, -0.25) is 10.1 Å². The third-order valence-corrected chi connectivity index (χ3v) is 1.83. The van der Waals surface area contributed by atoms with Crippen molar-refractivity contribution >= 4 is 17.9 Å². The number of hydrogen-bond donors (Lipinski definition) is 2. The van der Waals surface area contributed by atoms with Gasteiger partial charge < -0.3 is 14.7 Å². The smallest absolute Gasteiger partial charge is 0.329 e. The van der Waals surface area contributed by atoms with Crippen molar-refractivity contribution in [1.29, 1.82) is 0 Å². The highest BCUT2D eigenvalue weighted by atomic mass is 16.5. The number of nitrogens with one attached hydrogen (secondary N) is 1. The minimum Gasteiger partial charge on any atom is -0.480 e. The SMILES string of the molecule is C=C(C)CN(CC)C(=O)NC(=O)COCC(=O)O. The summed E-state index contributed by atoms with van der Waals surface area (Å²) in [6.45, 7) is 6.96. The first-order valence-electron chi connectivity index (χ1n) is 5.39. The van der Waals surface area contributed by atoms with Crippen molar-refractivity contribution in [3.63, 3.8) is 0 Å². The summed E-state index contributed by atoms with van der Waals surface area (Å²) in [6, 6.07) is -0.551. The van der Waals surface area contributed by atoms with Gasteiger partial charge in [-0.05, 0) is 13.8 Å². The van der Waals surface area contributed by atoms with Crippen LogP contribution in [0.3, 0.4) is 0 Å². The maximum atomic E-state index is 11.6. The number of ether oxygens (including phenoxy) is 1. The van der Waals surface area contributed by atoms with E-state index in [9.17, 15) is 14.4 Å². The summed E-state index contributed by atoms with van der Waals surface area (Å²) in [6.07, 6.45) is 0. The van der Waals surface area contributed by atoms with Crippen LogP contribution in [0.1, 0.15) is 13.8 Å². The number of nitrogens with zero attached hydrogens (tertiary/aromatic N) is 1. The molecule has 0 bridgehead atoms. The topological polar surface area (TPSA) is 95.9 Å². The van der Waals surface area contributed by atoms with E-state index in [2.05, 4.69) is 16.6 Å². The van der Waals surface area contributed by atoms with Gasteiger partial charge in [-0.1, -0.05) is 12.2 Å². The zero-order chi connectivity index (χ0) is 14.1. The Balaban J connectivity index is 4.08. The van der Waals surface area contributed by atoms with Crippen molar-refractivity contribution in [2.45, 2.75) is 13.8 Å². The first-order chi connectivity index (χ1) is 8.36. The van der Waals surface area contributed by atoms with E-state index in [1.165, 1.54) is 4.90 Å². The van der Waals surface area contributed by atoms with Crippen LogP contribution in [-0.4, -0.2) is 54.2 Å². The molecule has 0 saturated heterocycles. The quantitative estimate of drug-likeness (QED) is 0.637. The Morgan fingerprint density at radius 2 is 1.94 bits per heavy atom. The van der Waals surface area contributed by atoms with Gasteiger partial charge in [0.1, 0.15) is 13.2 Å². The lowest BCUT2D eigenvalue weighted by molar-refractivity contribution is -0.143. The average molecular weight is 258 g/mol. The summed E-state index contributed by atoms with van der Waals surface area (Å²) < 4.78 is 4.55. The predicted octanol–water partition coefficient (Wildman–Crippen LogP) is 0.222. The van der Waals surface area contributed by atoms with Crippen LogP contribution in [0.15, 0.2) is 12.2 Å². The van der Waals surface area contributed by atoms with Gasteiger partial charge in [-0.25, -0.2) is 9.59 Å². The van der Waals surface area contributed by atoms with Crippen molar-refractivity contribution in [2.75, 3.05) is 26.3 Å². The third kappa shape index (κ3) is 7.39. The van der Waals surface area contributed by atoms with Crippen LogP contribution in [-0.2, 0) is 14.3 Å². The number of likely N-dealkylation sites (N-methyl/N-ethyl adjacent to an activating group) is 1. The molecule has 7 heteroatoms. The Kier molecular flexibility index (Phi) is 7.37. The minimum absolute atomic E-state index is 0.353. The molecule has 0 atom stereocenters. The molecule has 0 fully saturated rings. The van der Waals surface area contributed by atoms with Gasteiger partial charge in [0.2, 0.25) is 0 Å². The number of aliphatic carboxylic acids is 1. The second-order valence-corrected chi connectivity index (χ2v) is 3.71. The predicted molar refractivity (Wildman–Crippen MR) is 64.1 cm³/mol. The molecule has 7 nitrogen and oxygen atoms in total. The van der Waals surface area contributed by atoms with Crippen LogP contribution in [0.2, 0.25) is 0 Å². The lowest BCUT2D eigenvalue weighted by atomic mass is 10.3. The summed E-state index contributed by atoms with van der Waals surface area (Å²) >= 11 is 0. The molecule has 18 heavy (non-hydrogen) atoms. The van der Waals surface area contributed by atoms with E-state index in [-0.39, 0.29) is 0 Å². The molecule has 0 aromatic heterocycles. The summed E-state index contributed by atoms with van der Waals surface area (Å²) in [7, 11) is 0. The number of hydrogen-bond acceptors (Lipinski definition) is 4. The van der Waals surface area contributed by atoms with E-state index in [1.807, 2.05) is 0 Å². The Morgan fingerprint density at radius 3 is 2.39 bits per heavy atom. The molecule has 102 valence electrons. The number of urea groups is 1. The summed E-state index contributed by atoms with van der Waals surface area (Å²) in [4.78, 5) is 34.4. The molecule has 0 aliphatic heterocycles. The number of carbonyl (C=O) groups is 3. The number of imide groups is 1. The fourth-order valence-electron chi connectivity index (χ4n) is 1.12. The zero-order valence-electron chi connectivity index (χ0n) is 10.6.